The predicted octanol–water partition coefficient (Wildman–Crippen LogP) is 5.31. The van der Waals surface area contributed by atoms with Gasteiger partial charge in [-0.3, -0.25) is 0 Å². The van der Waals surface area contributed by atoms with E-state index >= 15 is 0 Å². The number of hydrogen-bond donors (Lipinski definition) is 0. The minimum atomic E-state index is -3.75. The molecular weight excluding hydrogens is 341 g/mol. The number of allylic oxidation sites excluding steroid dienone is 2. The lowest BCUT2D eigenvalue weighted by Gasteiger charge is -2.18. The summed E-state index contributed by atoms with van der Waals surface area (Å²) in [5.74, 6) is -12.5. The van der Waals surface area contributed by atoms with Crippen LogP contribution in [-0.4, -0.2) is 12.5 Å². The SMILES string of the molecule is FC1=C(F)C(F)(OCCCCCCCC[n+]2ccccc2)C(F)=C1F. The lowest BCUT2D eigenvalue weighted by molar-refractivity contribution is -0.697. The molecule has 0 saturated carbocycles. The van der Waals surface area contributed by atoms with Gasteiger partial charge in [-0.1, -0.05) is 25.3 Å². The van der Waals surface area contributed by atoms with Crippen LogP contribution in [0.15, 0.2) is 53.9 Å². The summed E-state index contributed by atoms with van der Waals surface area (Å²) in [6.07, 6.45) is 8.92. The molecular formula is C18H21F5NO+. The summed E-state index contributed by atoms with van der Waals surface area (Å²) in [5, 5.41) is 0. The van der Waals surface area contributed by atoms with Crippen molar-refractivity contribution in [3.05, 3.63) is 53.9 Å². The number of alkyl halides is 1. The second-order valence-electron chi connectivity index (χ2n) is 5.93. The van der Waals surface area contributed by atoms with Crippen LogP contribution in [0.3, 0.4) is 0 Å². The summed E-state index contributed by atoms with van der Waals surface area (Å²) < 4.78 is 72.5. The number of halogens is 5. The summed E-state index contributed by atoms with van der Waals surface area (Å²) in [5.41, 5.74) is 0. The van der Waals surface area contributed by atoms with Gasteiger partial charge in [-0.2, -0.15) is 4.39 Å². The topological polar surface area (TPSA) is 13.1 Å². The molecule has 1 aliphatic rings. The van der Waals surface area contributed by atoms with Gasteiger partial charge in [0.05, 0.1) is 6.61 Å². The molecule has 0 radical (unpaired) electrons. The molecule has 2 rings (SSSR count). The first-order valence-electron chi connectivity index (χ1n) is 8.35. The van der Waals surface area contributed by atoms with E-state index in [9.17, 15) is 22.0 Å². The van der Waals surface area contributed by atoms with Gasteiger partial charge < -0.3 is 4.74 Å². The van der Waals surface area contributed by atoms with Crippen LogP contribution in [0.2, 0.25) is 0 Å². The zero-order valence-electron chi connectivity index (χ0n) is 13.8. The van der Waals surface area contributed by atoms with Crippen molar-refractivity contribution in [2.24, 2.45) is 0 Å². The predicted molar refractivity (Wildman–Crippen MR) is 82.6 cm³/mol. The second kappa shape index (κ2) is 9.08. The number of hydrogen-bond acceptors (Lipinski definition) is 1. The van der Waals surface area contributed by atoms with Crippen molar-refractivity contribution in [3.63, 3.8) is 0 Å². The molecule has 0 unspecified atom stereocenters. The van der Waals surface area contributed by atoms with Gasteiger partial charge in [0.2, 0.25) is 11.7 Å². The molecule has 0 N–H and O–H groups in total. The monoisotopic (exact) mass is 362 g/mol. The van der Waals surface area contributed by atoms with Gasteiger partial charge in [-0.05, 0) is 12.8 Å². The van der Waals surface area contributed by atoms with Crippen molar-refractivity contribution >= 4 is 0 Å². The summed E-state index contributed by atoms with van der Waals surface area (Å²) >= 11 is 0. The highest BCUT2D eigenvalue weighted by atomic mass is 19.2. The Kier molecular flexibility index (Phi) is 7.11. The van der Waals surface area contributed by atoms with Crippen LogP contribution < -0.4 is 4.57 Å². The first-order chi connectivity index (χ1) is 12.0. The largest absolute Gasteiger partial charge is 0.335 e. The molecule has 0 aliphatic heterocycles. The second-order valence-corrected chi connectivity index (χ2v) is 5.93. The van der Waals surface area contributed by atoms with Crippen LogP contribution in [0.25, 0.3) is 0 Å². The van der Waals surface area contributed by atoms with E-state index in [2.05, 4.69) is 9.30 Å². The summed E-state index contributed by atoms with van der Waals surface area (Å²) in [4.78, 5) is 0. The van der Waals surface area contributed by atoms with Crippen LogP contribution in [0.5, 0.6) is 0 Å². The third-order valence-corrected chi connectivity index (χ3v) is 4.03. The third kappa shape index (κ3) is 4.87. The first-order valence-corrected chi connectivity index (χ1v) is 8.35. The van der Waals surface area contributed by atoms with Crippen LogP contribution in [0.1, 0.15) is 38.5 Å². The highest BCUT2D eigenvalue weighted by Gasteiger charge is 2.53. The van der Waals surface area contributed by atoms with Gasteiger partial charge in [0.1, 0.15) is 6.54 Å². The maximum atomic E-state index is 13.9. The fraction of sp³-hybridized carbons (Fsp3) is 0.500. The summed E-state index contributed by atoms with van der Waals surface area (Å²) in [7, 11) is 0. The Hall–Kier alpha value is -1.76. The van der Waals surface area contributed by atoms with Gasteiger partial charge in [0.25, 0.3) is 0 Å². The molecule has 0 spiro atoms. The molecule has 0 saturated heterocycles. The summed E-state index contributed by atoms with van der Waals surface area (Å²) in [6, 6.07) is 5.89. The molecule has 1 aliphatic carbocycles. The molecule has 1 aromatic rings. The van der Waals surface area contributed by atoms with Crippen molar-refractivity contribution < 1.29 is 31.3 Å². The number of aromatic nitrogens is 1. The number of unbranched alkanes of at least 4 members (excludes halogenated alkanes) is 5. The molecule has 0 atom stereocenters. The fourth-order valence-corrected chi connectivity index (χ4v) is 2.60. The molecule has 25 heavy (non-hydrogen) atoms. The molecule has 1 heterocycles. The normalized spacial score (nSPS) is 16.8. The van der Waals surface area contributed by atoms with Crippen molar-refractivity contribution in [2.45, 2.75) is 50.9 Å². The number of aryl methyl sites for hydroxylation is 1. The molecule has 138 valence electrons. The lowest BCUT2D eigenvalue weighted by Crippen LogP contribution is -2.32. The van der Waals surface area contributed by atoms with Gasteiger partial charge in [-0.15, -0.1) is 0 Å². The Morgan fingerprint density at radius 1 is 0.760 bits per heavy atom. The number of rotatable bonds is 10. The van der Waals surface area contributed by atoms with Gasteiger partial charge in [-0.25, -0.2) is 22.1 Å². The van der Waals surface area contributed by atoms with E-state index in [1.807, 2.05) is 30.6 Å². The van der Waals surface area contributed by atoms with E-state index in [0.29, 0.717) is 12.8 Å². The minimum absolute atomic E-state index is 0.322. The Bertz CT molecular complexity index is 606. The zero-order chi connectivity index (χ0) is 18.3. The lowest BCUT2D eigenvalue weighted by atomic mass is 10.1. The fourth-order valence-electron chi connectivity index (χ4n) is 2.60. The first kappa shape index (κ1) is 19.6. The van der Waals surface area contributed by atoms with Gasteiger partial charge in [0, 0.05) is 18.6 Å². The molecule has 0 fully saturated rings. The molecule has 0 aromatic carbocycles. The standard InChI is InChI=1S/C18H21F5NO/c19-14-15(20)17(22)18(23,16(14)21)25-13-9-4-2-1-3-6-10-24-11-7-5-8-12-24/h5,7-8,11-12H,1-4,6,9-10,13H2/q+1. The van der Waals surface area contributed by atoms with E-state index in [0.717, 1.165) is 32.2 Å². The van der Waals surface area contributed by atoms with Crippen molar-refractivity contribution in [1.29, 1.82) is 0 Å². The van der Waals surface area contributed by atoms with Crippen LogP contribution in [-0.2, 0) is 11.3 Å². The van der Waals surface area contributed by atoms with E-state index in [-0.39, 0.29) is 6.61 Å². The average molecular weight is 362 g/mol. The van der Waals surface area contributed by atoms with E-state index < -0.39 is 29.2 Å². The molecule has 0 bridgehead atoms. The minimum Gasteiger partial charge on any atom is -0.335 e. The van der Waals surface area contributed by atoms with Crippen LogP contribution in [0, 0.1) is 0 Å². The molecule has 7 heteroatoms. The Morgan fingerprint density at radius 2 is 1.28 bits per heavy atom. The smallest absolute Gasteiger partial charge is 0.320 e. The number of ether oxygens (including phenoxy) is 1. The van der Waals surface area contributed by atoms with Crippen LogP contribution in [0.4, 0.5) is 22.0 Å². The third-order valence-electron chi connectivity index (χ3n) is 4.03. The number of nitrogens with zero attached hydrogens (tertiary/aromatic N) is 1. The van der Waals surface area contributed by atoms with E-state index in [4.69, 9.17) is 0 Å². The Morgan fingerprint density at radius 3 is 1.88 bits per heavy atom. The van der Waals surface area contributed by atoms with Crippen molar-refractivity contribution in [1.82, 2.24) is 0 Å². The van der Waals surface area contributed by atoms with Crippen molar-refractivity contribution in [2.75, 3.05) is 6.61 Å². The maximum Gasteiger partial charge on any atom is 0.320 e. The highest BCUT2D eigenvalue weighted by molar-refractivity contribution is 5.42. The van der Waals surface area contributed by atoms with E-state index in [1.165, 1.54) is 0 Å². The number of pyridine rings is 1. The van der Waals surface area contributed by atoms with Crippen molar-refractivity contribution in [3.8, 4) is 0 Å². The van der Waals surface area contributed by atoms with E-state index in [1.54, 1.807) is 0 Å². The summed E-state index contributed by atoms with van der Waals surface area (Å²) in [6.45, 7) is 0.612. The average Bonchev–Trinajstić information content (AvgIpc) is 2.77. The van der Waals surface area contributed by atoms with Gasteiger partial charge in [0.15, 0.2) is 24.0 Å². The van der Waals surface area contributed by atoms with Crippen LogP contribution >= 0.6 is 0 Å². The quantitative estimate of drug-likeness (QED) is 0.312. The Balaban J connectivity index is 1.55. The zero-order valence-corrected chi connectivity index (χ0v) is 13.8. The molecule has 0 amide bonds. The highest BCUT2D eigenvalue weighted by Crippen LogP contribution is 2.46. The Labute approximate surface area is 143 Å². The van der Waals surface area contributed by atoms with Gasteiger partial charge >= 0.3 is 5.85 Å². The maximum absolute atomic E-state index is 13.9. The molecule has 2 nitrogen and oxygen atoms in total. The molecule has 1 aromatic heterocycles.